The molecular weight excluding hydrogens is 354 g/mol. The SMILES string of the molecule is O=C(c1cccc(Cl)n1)N1CCCC(S(=O)(=O)N2CCOCC2)C1. The molecule has 3 rings (SSSR count). The summed E-state index contributed by atoms with van der Waals surface area (Å²) < 4.78 is 32.3. The quantitative estimate of drug-likeness (QED) is 0.738. The molecule has 1 unspecified atom stereocenters. The second-order valence-electron chi connectivity index (χ2n) is 5.92. The van der Waals surface area contributed by atoms with Gasteiger partial charge in [-0.05, 0) is 25.0 Å². The molecule has 9 heteroatoms. The van der Waals surface area contributed by atoms with Crippen LogP contribution in [-0.4, -0.2) is 73.2 Å². The molecule has 2 fully saturated rings. The Balaban J connectivity index is 1.73. The fourth-order valence-electron chi connectivity index (χ4n) is 3.07. The van der Waals surface area contributed by atoms with Crippen molar-refractivity contribution in [3.05, 3.63) is 29.0 Å². The van der Waals surface area contributed by atoms with Gasteiger partial charge in [-0.1, -0.05) is 17.7 Å². The largest absolute Gasteiger partial charge is 0.379 e. The van der Waals surface area contributed by atoms with E-state index in [2.05, 4.69) is 4.98 Å². The van der Waals surface area contributed by atoms with E-state index in [4.69, 9.17) is 16.3 Å². The Kier molecular flexibility index (Phi) is 5.39. The van der Waals surface area contributed by atoms with E-state index in [-0.39, 0.29) is 23.3 Å². The molecule has 0 aromatic carbocycles. The van der Waals surface area contributed by atoms with Crippen LogP contribution in [0.1, 0.15) is 23.3 Å². The van der Waals surface area contributed by atoms with E-state index in [1.54, 1.807) is 23.1 Å². The van der Waals surface area contributed by atoms with Crippen LogP contribution in [0.4, 0.5) is 0 Å². The van der Waals surface area contributed by atoms with E-state index in [0.29, 0.717) is 45.7 Å². The lowest BCUT2D eigenvalue weighted by Crippen LogP contribution is -2.51. The predicted octanol–water partition coefficient (Wildman–Crippen LogP) is 1.00. The van der Waals surface area contributed by atoms with Crippen molar-refractivity contribution in [3.8, 4) is 0 Å². The molecule has 1 amide bonds. The van der Waals surface area contributed by atoms with Gasteiger partial charge >= 0.3 is 0 Å². The van der Waals surface area contributed by atoms with E-state index >= 15 is 0 Å². The van der Waals surface area contributed by atoms with E-state index in [0.717, 1.165) is 0 Å². The fraction of sp³-hybridized carbons (Fsp3) is 0.600. The van der Waals surface area contributed by atoms with E-state index in [1.165, 1.54) is 4.31 Å². The second kappa shape index (κ2) is 7.35. The van der Waals surface area contributed by atoms with Crippen molar-refractivity contribution < 1.29 is 17.9 Å². The molecule has 24 heavy (non-hydrogen) atoms. The maximum absolute atomic E-state index is 12.8. The molecule has 2 aliphatic rings. The Labute approximate surface area is 146 Å². The van der Waals surface area contributed by atoms with Crippen LogP contribution in [0.15, 0.2) is 18.2 Å². The first-order valence-electron chi connectivity index (χ1n) is 7.97. The first kappa shape index (κ1) is 17.6. The molecule has 0 radical (unpaired) electrons. The summed E-state index contributed by atoms with van der Waals surface area (Å²) in [5, 5.41) is -0.331. The fourth-order valence-corrected chi connectivity index (χ4v) is 5.14. The third-order valence-electron chi connectivity index (χ3n) is 4.35. The van der Waals surface area contributed by atoms with Crippen LogP contribution in [-0.2, 0) is 14.8 Å². The molecule has 1 aromatic rings. The molecule has 1 atom stereocenters. The van der Waals surface area contributed by atoms with Crippen LogP contribution in [0.3, 0.4) is 0 Å². The minimum Gasteiger partial charge on any atom is -0.379 e. The van der Waals surface area contributed by atoms with Crippen molar-refractivity contribution in [1.29, 1.82) is 0 Å². The highest BCUT2D eigenvalue weighted by Gasteiger charge is 2.37. The van der Waals surface area contributed by atoms with Gasteiger partial charge in [0.25, 0.3) is 5.91 Å². The first-order valence-corrected chi connectivity index (χ1v) is 9.85. The molecule has 7 nitrogen and oxygen atoms in total. The van der Waals surface area contributed by atoms with Crippen LogP contribution in [0.5, 0.6) is 0 Å². The molecule has 2 aliphatic heterocycles. The van der Waals surface area contributed by atoms with Gasteiger partial charge in [-0.25, -0.2) is 13.4 Å². The lowest BCUT2D eigenvalue weighted by molar-refractivity contribution is 0.0683. The Hall–Kier alpha value is -1.22. The molecule has 0 bridgehead atoms. The Bertz CT molecular complexity index is 706. The lowest BCUT2D eigenvalue weighted by Gasteiger charge is -2.36. The number of hydrogen-bond donors (Lipinski definition) is 0. The highest BCUT2D eigenvalue weighted by Crippen LogP contribution is 2.22. The summed E-state index contributed by atoms with van der Waals surface area (Å²) in [7, 11) is -3.43. The number of halogens is 1. The molecule has 1 aromatic heterocycles. The van der Waals surface area contributed by atoms with E-state index in [1.807, 2.05) is 0 Å². The Morgan fingerprint density at radius 3 is 2.71 bits per heavy atom. The monoisotopic (exact) mass is 373 g/mol. The zero-order chi connectivity index (χ0) is 17.2. The molecule has 0 N–H and O–H groups in total. The van der Waals surface area contributed by atoms with Gasteiger partial charge in [0.1, 0.15) is 10.8 Å². The molecule has 0 aliphatic carbocycles. The van der Waals surface area contributed by atoms with E-state index in [9.17, 15) is 13.2 Å². The van der Waals surface area contributed by atoms with Gasteiger partial charge in [0.05, 0.1) is 18.5 Å². The van der Waals surface area contributed by atoms with Crippen LogP contribution in [0, 0.1) is 0 Å². The average Bonchev–Trinajstić information content (AvgIpc) is 2.62. The third-order valence-corrected chi connectivity index (χ3v) is 6.87. The van der Waals surface area contributed by atoms with Crippen LogP contribution < -0.4 is 0 Å². The minimum atomic E-state index is -3.43. The Morgan fingerprint density at radius 2 is 2.00 bits per heavy atom. The lowest BCUT2D eigenvalue weighted by atomic mass is 10.1. The van der Waals surface area contributed by atoms with Gasteiger partial charge in [0, 0.05) is 26.2 Å². The zero-order valence-corrected chi connectivity index (χ0v) is 14.8. The van der Waals surface area contributed by atoms with Gasteiger partial charge < -0.3 is 9.64 Å². The van der Waals surface area contributed by atoms with E-state index < -0.39 is 15.3 Å². The van der Waals surface area contributed by atoms with Crippen LogP contribution >= 0.6 is 11.6 Å². The topological polar surface area (TPSA) is 79.8 Å². The van der Waals surface area contributed by atoms with Crippen molar-refractivity contribution in [2.75, 3.05) is 39.4 Å². The van der Waals surface area contributed by atoms with Crippen molar-refractivity contribution >= 4 is 27.5 Å². The number of morpholine rings is 1. The summed E-state index contributed by atoms with van der Waals surface area (Å²) in [6, 6.07) is 4.85. The normalized spacial score (nSPS) is 23.2. The number of rotatable bonds is 3. The molecule has 0 spiro atoms. The minimum absolute atomic E-state index is 0.187. The van der Waals surface area contributed by atoms with Crippen molar-refractivity contribution in [3.63, 3.8) is 0 Å². The first-order chi connectivity index (χ1) is 11.5. The van der Waals surface area contributed by atoms with Gasteiger partial charge in [0.15, 0.2) is 0 Å². The molecule has 0 saturated carbocycles. The maximum Gasteiger partial charge on any atom is 0.272 e. The number of piperidine rings is 1. The highest BCUT2D eigenvalue weighted by atomic mass is 35.5. The molecule has 2 saturated heterocycles. The summed E-state index contributed by atoms with van der Waals surface area (Å²) in [4.78, 5) is 18.2. The average molecular weight is 374 g/mol. The number of likely N-dealkylation sites (tertiary alicyclic amines) is 1. The number of sulfonamides is 1. The van der Waals surface area contributed by atoms with Gasteiger partial charge in [-0.2, -0.15) is 4.31 Å². The van der Waals surface area contributed by atoms with Crippen LogP contribution in [0.25, 0.3) is 0 Å². The van der Waals surface area contributed by atoms with Gasteiger partial charge in [-0.15, -0.1) is 0 Å². The summed E-state index contributed by atoms with van der Waals surface area (Å²) in [5.74, 6) is -0.278. The number of amides is 1. The number of pyridine rings is 1. The number of ether oxygens (including phenoxy) is 1. The number of carbonyl (C=O) groups excluding carboxylic acids is 1. The zero-order valence-electron chi connectivity index (χ0n) is 13.2. The maximum atomic E-state index is 12.8. The second-order valence-corrected chi connectivity index (χ2v) is 8.52. The van der Waals surface area contributed by atoms with Crippen molar-refractivity contribution in [2.45, 2.75) is 18.1 Å². The van der Waals surface area contributed by atoms with Crippen LogP contribution in [0.2, 0.25) is 5.15 Å². The highest BCUT2D eigenvalue weighted by molar-refractivity contribution is 7.89. The smallest absolute Gasteiger partial charge is 0.272 e. The predicted molar refractivity (Wildman–Crippen MR) is 89.5 cm³/mol. The van der Waals surface area contributed by atoms with Crippen molar-refractivity contribution in [2.24, 2.45) is 0 Å². The Morgan fingerprint density at radius 1 is 1.25 bits per heavy atom. The molecule has 3 heterocycles. The summed E-state index contributed by atoms with van der Waals surface area (Å²) >= 11 is 5.83. The number of carbonyl (C=O) groups is 1. The summed E-state index contributed by atoms with van der Waals surface area (Å²) in [5.41, 5.74) is 0.243. The molecular formula is C15H20ClN3O4S. The summed E-state index contributed by atoms with van der Waals surface area (Å²) in [6.45, 7) is 2.31. The van der Waals surface area contributed by atoms with Crippen molar-refractivity contribution in [1.82, 2.24) is 14.2 Å². The summed E-state index contributed by atoms with van der Waals surface area (Å²) in [6.07, 6.45) is 1.22. The number of hydrogen-bond acceptors (Lipinski definition) is 5. The standard InChI is InChI=1S/C15H20ClN3O4S/c16-14-5-1-4-13(17-14)15(20)18-6-2-3-12(11-18)24(21,22)19-7-9-23-10-8-19/h1,4-5,12H,2-3,6-11H2. The molecule has 132 valence electrons. The van der Waals surface area contributed by atoms with Gasteiger partial charge in [0.2, 0.25) is 10.0 Å². The van der Waals surface area contributed by atoms with Gasteiger partial charge in [-0.3, -0.25) is 4.79 Å². The number of nitrogens with zero attached hydrogens (tertiary/aromatic N) is 3. The third kappa shape index (κ3) is 3.72. The number of aromatic nitrogens is 1.